The Labute approximate surface area is 75.0 Å². The maximum Gasteiger partial charge on any atom is 0.229 e. The van der Waals surface area contributed by atoms with E-state index in [0.717, 1.165) is 12.3 Å². The molecule has 0 saturated heterocycles. The van der Waals surface area contributed by atoms with Crippen LogP contribution in [0.5, 0.6) is 0 Å². The van der Waals surface area contributed by atoms with Gasteiger partial charge in [0.05, 0.1) is 0 Å². The third-order valence-electron chi connectivity index (χ3n) is 4.90. The fraction of sp³-hybridized carbons (Fsp3) is 0.909. The molecular formula is C11H17N. The van der Waals surface area contributed by atoms with Gasteiger partial charge in [0.25, 0.3) is 0 Å². The standard InChI is InChI=1S/C11H17N/c1-10(2)8-5-6-11(10,3)9(7-8)12-4/h8-9H,5-7H2,1-3H3/t8-,9-,11+/m1/s1. The van der Waals surface area contributed by atoms with Crippen LogP contribution < -0.4 is 0 Å². The van der Waals surface area contributed by atoms with Gasteiger partial charge < -0.3 is 4.85 Å². The molecule has 1 heteroatoms. The monoisotopic (exact) mass is 163 g/mol. The fourth-order valence-electron chi connectivity index (χ4n) is 3.36. The first kappa shape index (κ1) is 8.10. The fourth-order valence-corrected chi connectivity index (χ4v) is 3.36. The maximum atomic E-state index is 7.18. The van der Waals surface area contributed by atoms with Crippen LogP contribution in [-0.4, -0.2) is 6.04 Å². The highest BCUT2D eigenvalue weighted by Gasteiger charge is 2.65. The zero-order valence-corrected chi connectivity index (χ0v) is 8.22. The highest BCUT2D eigenvalue weighted by molar-refractivity contribution is 5.16. The first-order valence-electron chi connectivity index (χ1n) is 4.89. The van der Waals surface area contributed by atoms with Crippen molar-refractivity contribution in [2.45, 2.75) is 46.1 Å². The van der Waals surface area contributed by atoms with Gasteiger partial charge in [0.15, 0.2) is 0 Å². The molecule has 3 atom stereocenters. The Kier molecular flexibility index (Phi) is 1.38. The van der Waals surface area contributed by atoms with Crippen molar-refractivity contribution >= 4 is 0 Å². The van der Waals surface area contributed by atoms with E-state index >= 15 is 0 Å². The van der Waals surface area contributed by atoms with E-state index in [1.165, 1.54) is 12.8 Å². The van der Waals surface area contributed by atoms with Crippen LogP contribution in [0.4, 0.5) is 0 Å². The van der Waals surface area contributed by atoms with Crippen molar-refractivity contribution in [3.63, 3.8) is 0 Å². The molecule has 0 aromatic carbocycles. The molecule has 1 nitrogen and oxygen atoms in total. The maximum absolute atomic E-state index is 7.18. The van der Waals surface area contributed by atoms with Gasteiger partial charge in [0.1, 0.15) is 0 Å². The van der Waals surface area contributed by atoms with Crippen molar-refractivity contribution < 1.29 is 0 Å². The summed E-state index contributed by atoms with van der Waals surface area (Å²) < 4.78 is 0. The number of hydrogen-bond acceptors (Lipinski definition) is 0. The second-order valence-electron chi connectivity index (χ2n) is 5.26. The van der Waals surface area contributed by atoms with E-state index in [9.17, 15) is 0 Å². The lowest BCUT2D eigenvalue weighted by molar-refractivity contribution is 0.147. The largest absolute Gasteiger partial charge is 0.313 e. The highest BCUT2D eigenvalue weighted by atomic mass is 14.8. The van der Waals surface area contributed by atoms with Crippen LogP contribution in [0.2, 0.25) is 0 Å². The topological polar surface area (TPSA) is 4.36 Å². The minimum atomic E-state index is 0.311. The zero-order valence-electron chi connectivity index (χ0n) is 8.22. The molecule has 2 fully saturated rings. The van der Waals surface area contributed by atoms with E-state index in [4.69, 9.17) is 6.57 Å². The average Bonchev–Trinajstić information content (AvgIpc) is 2.34. The molecule has 2 aliphatic carbocycles. The van der Waals surface area contributed by atoms with Gasteiger partial charge >= 0.3 is 0 Å². The summed E-state index contributed by atoms with van der Waals surface area (Å²) in [5.41, 5.74) is 0.738. The SMILES string of the molecule is [C-]#[N+][C@@H]1C[C@H]2CC[C@]1(C)C2(C)C. The number of nitrogens with zero attached hydrogens (tertiary/aromatic N) is 1. The number of fused-ring (bicyclic) bond motifs is 2. The average molecular weight is 163 g/mol. The summed E-state index contributed by atoms with van der Waals surface area (Å²) in [4.78, 5) is 3.79. The molecule has 0 aromatic heterocycles. The van der Waals surface area contributed by atoms with Crippen molar-refractivity contribution in [1.29, 1.82) is 0 Å². The van der Waals surface area contributed by atoms with Crippen molar-refractivity contribution in [1.82, 2.24) is 0 Å². The Morgan fingerprint density at radius 1 is 1.33 bits per heavy atom. The van der Waals surface area contributed by atoms with Crippen LogP contribution in [0.1, 0.15) is 40.0 Å². The molecule has 2 bridgehead atoms. The van der Waals surface area contributed by atoms with Gasteiger partial charge in [-0.1, -0.05) is 20.8 Å². The summed E-state index contributed by atoms with van der Waals surface area (Å²) in [6.07, 6.45) is 3.79. The molecule has 2 saturated carbocycles. The normalized spacial score (nSPS) is 49.2. The molecule has 0 heterocycles. The Balaban J connectivity index is 2.41. The molecule has 0 aliphatic heterocycles. The van der Waals surface area contributed by atoms with Gasteiger partial charge in [-0.3, -0.25) is 0 Å². The lowest BCUT2D eigenvalue weighted by Gasteiger charge is -2.33. The van der Waals surface area contributed by atoms with Gasteiger partial charge in [0.2, 0.25) is 6.04 Å². The van der Waals surface area contributed by atoms with E-state index in [-0.39, 0.29) is 0 Å². The minimum absolute atomic E-state index is 0.311. The molecule has 2 aliphatic rings. The molecule has 0 aromatic rings. The molecule has 0 amide bonds. The van der Waals surface area contributed by atoms with Crippen LogP contribution in [0, 0.1) is 23.3 Å². The van der Waals surface area contributed by atoms with Crippen molar-refractivity contribution in [2.75, 3.05) is 0 Å². The van der Waals surface area contributed by atoms with Crippen molar-refractivity contribution in [3.8, 4) is 0 Å². The highest BCUT2D eigenvalue weighted by Crippen LogP contribution is 2.66. The van der Waals surface area contributed by atoms with Gasteiger partial charge in [-0.25, -0.2) is 6.57 Å². The zero-order chi connectivity index (χ0) is 8.98. The summed E-state index contributed by atoms with van der Waals surface area (Å²) in [7, 11) is 0. The Morgan fingerprint density at radius 2 is 2.00 bits per heavy atom. The van der Waals surface area contributed by atoms with Crippen molar-refractivity contribution in [2.24, 2.45) is 16.7 Å². The van der Waals surface area contributed by atoms with Crippen LogP contribution in [0.25, 0.3) is 4.85 Å². The van der Waals surface area contributed by atoms with Gasteiger partial charge in [-0.2, -0.15) is 0 Å². The van der Waals surface area contributed by atoms with Crippen molar-refractivity contribution in [3.05, 3.63) is 11.4 Å². The van der Waals surface area contributed by atoms with E-state index < -0.39 is 0 Å². The molecule has 66 valence electrons. The van der Waals surface area contributed by atoms with E-state index in [0.29, 0.717) is 16.9 Å². The molecule has 0 radical (unpaired) electrons. The van der Waals surface area contributed by atoms with Crippen LogP contribution >= 0.6 is 0 Å². The Hall–Kier alpha value is -0.510. The quantitative estimate of drug-likeness (QED) is 0.483. The molecule has 0 spiro atoms. The second-order valence-corrected chi connectivity index (χ2v) is 5.26. The predicted octanol–water partition coefficient (Wildman–Crippen LogP) is 3.12. The molecule has 12 heavy (non-hydrogen) atoms. The Morgan fingerprint density at radius 3 is 2.25 bits per heavy atom. The first-order chi connectivity index (χ1) is 5.52. The van der Waals surface area contributed by atoms with Crippen LogP contribution in [0.15, 0.2) is 0 Å². The molecule has 0 N–H and O–H groups in total. The third-order valence-corrected chi connectivity index (χ3v) is 4.90. The van der Waals surface area contributed by atoms with E-state index in [1.54, 1.807) is 0 Å². The summed E-state index contributed by atoms with van der Waals surface area (Å²) in [5, 5.41) is 0. The summed E-state index contributed by atoms with van der Waals surface area (Å²) in [6, 6.07) is 0.311. The Bertz CT molecular complexity index is 248. The molecular weight excluding hydrogens is 146 g/mol. The molecule has 0 unspecified atom stereocenters. The van der Waals surface area contributed by atoms with E-state index in [1.807, 2.05) is 0 Å². The summed E-state index contributed by atoms with van der Waals surface area (Å²) >= 11 is 0. The lowest BCUT2D eigenvalue weighted by atomic mass is 9.69. The van der Waals surface area contributed by atoms with E-state index in [2.05, 4.69) is 25.6 Å². The number of rotatable bonds is 0. The van der Waals surface area contributed by atoms with Crippen LogP contribution in [-0.2, 0) is 0 Å². The van der Waals surface area contributed by atoms with Crippen LogP contribution in [0.3, 0.4) is 0 Å². The molecule has 2 rings (SSSR count). The van der Waals surface area contributed by atoms with Gasteiger partial charge in [0, 0.05) is 11.8 Å². The third kappa shape index (κ3) is 0.648. The minimum Gasteiger partial charge on any atom is -0.313 e. The smallest absolute Gasteiger partial charge is 0.229 e. The summed E-state index contributed by atoms with van der Waals surface area (Å²) in [6.45, 7) is 14.2. The summed E-state index contributed by atoms with van der Waals surface area (Å²) in [5.74, 6) is 0.821. The lowest BCUT2D eigenvalue weighted by Crippen LogP contribution is -2.33. The van der Waals surface area contributed by atoms with Gasteiger partial charge in [-0.15, -0.1) is 0 Å². The van der Waals surface area contributed by atoms with Gasteiger partial charge in [-0.05, 0) is 24.2 Å². The first-order valence-corrected chi connectivity index (χ1v) is 4.89. The predicted molar refractivity (Wildman–Crippen MR) is 49.6 cm³/mol. The second kappa shape index (κ2) is 2.05. The number of hydrogen-bond donors (Lipinski definition) is 0.